The fourth-order valence-electron chi connectivity index (χ4n) is 5.42. The molecule has 164 valence electrons. The molecule has 0 saturated heterocycles. The highest BCUT2D eigenvalue weighted by atomic mass is 32.2. The lowest BCUT2D eigenvalue weighted by Gasteiger charge is -2.36. The first-order valence-electron chi connectivity index (χ1n) is 11.5. The van der Waals surface area contributed by atoms with Gasteiger partial charge in [-0.1, -0.05) is 79.2 Å². The van der Waals surface area contributed by atoms with E-state index < -0.39 is 0 Å². The predicted molar refractivity (Wildman–Crippen MR) is 130 cm³/mol. The molecule has 2 aliphatic rings. The smallest absolute Gasteiger partial charge is 0.258 e. The van der Waals surface area contributed by atoms with E-state index in [0.717, 1.165) is 48.9 Å². The molecular weight excluding hydrogens is 416 g/mol. The first-order valence-corrected chi connectivity index (χ1v) is 12.4. The fourth-order valence-corrected chi connectivity index (χ4v) is 6.43. The van der Waals surface area contributed by atoms with Crippen molar-refractivity contribution in [3.63, 3.8) is 0 Å². The molecule has 32 heavy (non-hydrogen) atoms. The van der Waals surface area contributed by atoms with Gasteiger partial charge in [-0.25, -0.2) is 4.98 Å². The van der Waals surface area contributed by atoms with Crippen molar-refractivity contribution >= 4 is 17.5 Å². The highest BCUT2D eigenvalue weighted by Gasteiger charge is 2.44. The summed E-state index contributed by atoms with van der Waals surface area (Å²) in [5.74, 6) is 0.305. The van der Waals surface area contributed by atoms with Crippen LogP contribution in [0.25, 0.3) is 11.3 Å². The van der Waals surface area contributed by atoms with Gasteiger partial charge in [-0.3, -0.25) is 14.2 Å². The molecule has 1 aromatic heterocycles. The number of Topliss-reactive ketones (excluding diaryl/α,β-unsaturated/α-hetero) is 1. The van der Waals surface area contributed by atoms with E-state index in [2.05, 4.69) is 18.2 Å². The zero-order chi connectivity index (χ0) is 22.3. The third-order valence-electron chi connectivity index (χ3n) is 6.92. The minimum absolute atomic E-state index is 0.0229. The summed E-state index contributed by atoms with van der Waals surface area (Å²) in [7, 11) is 0. The number of ketones is 1. The van der Waals surface area contributed by atoms with Gasteiger partial charge < -0.3 is 0 Å². The molecule has 0 amide bonds. The van der Waals surface area contributed by atoms with Crippen LogP contribution in [0, 0.1) is 0 Å². The third kappa shape index (κ3) is 3.53. The molecule has 0 unspecified atom stereocenters. The van der Waals surface area contributed by atoms with Gasteiger partial charge in [-0.2, -0.15) is 0 Å². The summed E-state index contributed by atoms with van der Waals surface area (Å²) in [5.41, 5.74) is 4.76. The second-order valence-electron chi connectivity index (χ2n) is 9.29. The van der Waals surface area contributed by atoms with Gasteiger partial charge in [-0.15, -0.1) is 0 Å². The van der Waals surface area contributed by atoms with Crippen LogP contribution in [0.5, 0.6) is 0 Å². The Hall–Kier alpha value is -2.66. The van der Waals surface area contributed by atoms with Crippen LogP contribution in [-0.2, 0) is 11.8 Å². The zero-order valence-corrected chi connectivity index (χ0v) is 19.5. The Labute approximate surface area is 193 Å². The lowest BCUT2D eigenvalue weighted by molar-refractivity contribution is 0.102. The summed E-state index contributed by atoms with van der Waals surface area (Å²) < 4.78 is 1.82. The Morgan fingerprint density at radius 2 is 1.75 bits per heavy atom. The molecule has 0 radical (unpaired) electrons. The maximum atomic E-state index is 14.0. The number of fused-ring (bicyclic) bond motifs is 4. The van der Waals surface area contributed by atoms with Crippen LogP contribution in [0.2, 0.25) is 0 Å². The van der Waals surface area contributed by atoms with Gasteiger partial charge in [0.2, 0.25) is 0 Å². The number of hydrogen-bond acceptors (Lipinski definition) is 4. The van der Waals surface area contributed by atoms with Crippen molar-refractivity contribution in [2.75, 3.05) is 5.75 Å². The van der Waals surface area contributed by atoms with Gasteiger partial charge in [-0.05, 0) is 38.7 Å². The molecule has 1 spiro atoms. The number of thioether (sulfide) groups is 1. The molecule has 0 atom stereocenters. The van der Waals surface area contributed by atoms with Gasteiger partial charge in [0.15, 0.2) is 10.9 Å². The van der Waals surface area contributed by atoms with Gasteiger partial charge in [0, 0.05) is 22.6 Å². The van der Waals surface area contributed by atoms with E-state index in [1.165, 1.54) is 17.3 Å². The molecule has 1 fully saturated rings. The monoisotopic (exact) mass is 444 g/mol. The van der Waals surface area contributed by atoms with Crippen molar-refractivity contribution < 1.29 is 4.79 Å². The van der Waals surface area contributed by atoms with E-state index in [9.17, 15) is 9.59 Å². The number of carbonyl (C=O) groups is 1. The summed E-state index contributed by atoms with van der Waals surface area (Å²) in [5, 5.41) is 0.637. The van der Waals surface area contributed by atoms with Crippen molar-refractivity contribution in [1.82, 2.24) is 9.55 Å². The normalized spacial score (nSPS) is 16.2. The minimum Gasteiger partial charge on any atom is -0.293 e. The Kier molecular flexibility index (Phi) is 5.54. The van der Waals surface area contributed by atoms with Crippen LogP contribution in [0.3, 0.4) is 0 Å². The largest absolute Gasteiger partial charge is 0.293 e. The Bertz CT molecular complexity index is 1220. The average Bonchev–Trinajstić information content (AvgIpc) is 3.26. The first-order chi connectivity index (χ1) is 15.5. The van der Waals surface area contributed by atoms with Crippen LogP contribution in [0.4, 0.5) is 0 Å². The molecular formula is C27H28N2O2S. The number of aromatic nitrogens is 2. The Morgan fingerprint density at radius 3 is 2.47 bits per heavy atom. The van der Waals surface area contributed by atoms with E-state index in [1.807, 2.05) is 54.8 Å². The molecule has 4 nitrogen and oxygen atoms in total. The topological polar surface area (TPSA) is 52.0 Å². The second-order valence-corrected chi connectivity index (χ2v) is 10.2. The van der Waals surface area contributed by atoms with Gasteiger partial charge in [0.05, 0.1) is 17.0 Å². The molecule has 5 rings (SSSR count). The molecule has 1 saturated carbocycles. The maximum Gasteiger partial charge on any atom is 0.258 e. The highest BCUT2D eigenvalue weighted by molar-refractivity contribution is 7.99. The van der Waals surface area contributed by atoms with Gasteiger partial charge in [0.1, 0.15) is 0 Å². The standard InChI is InChI=1S/C27H28N2O2S/c1-18(2)29-25(31)23-24(28-26(29)32-17-22(30)19-10-4-3-5-11-19)21-13-7-6-12-20(21)16-27(23)14-8-9-15-27/h3-7,10-13,18H,8-9,14-17H2,1-2H3. The van der Waals surface area contributed by atoms with Crippen molar-refractivity contribution in [2.24, 2.45) is 0 Å². The van der Waals surface area contributed by atoms with E-state index in [1.54, 1.807) is 0 Å². The second kappa shape index (κ2) is 8.36. The van der Waals surface area contributed by atoms with Gasteiger partial charge >= 0.3 is 0 Å². The number of nitrogens with zero attached hydrogens (tertiary/aromatic N) is 2. The predicted octanol–water partition coefficient (Wildman–Crippen LogP) is 5.83. The third-order valence-corrected chi connectivity index (χ3v) is 7.87. The van der Waals surface area contributed by atoms with Crippen molar-refractivity contribution in [1.29, 1.82) is 0 Å². The Morgan fingerprint density at radius 1 is 1.06 bits per heavy atom. The summed E-state index contributed by atoms with van der Waals surface area (Å²) in [6.45, 7) is 4.05. The number of rotatable bonds is 5. The van der Waals surface area contributed by atoms with Crippen molar-refractivity contribution in [3.8, 4) is 11.3 Å². The van der Waals surface area contributed by atoms with Gasteiger partial charge in [0.25, 0.3) is 5.56 Å². The van der Waals surface area contributed by atoms with E-state index in [0.29, 0.717) is 10.7 Å². The van der Waals surface area contributed by atoms with E-state index in [-0.39, 0.29) is 28.6 Å². The molecule has 0 aliphatic heterocycles. The van der Waals surface area contributed by atoms with Crippen LogP contribution in [0.1, 0.15) is 67.1 Å². The average molecular weight is 445 g/mol. The highest BCUT2D eigenvalue weighted by Crippen LogP contribution is 2.50. The van der Waals surface area contributed by atoms with E-state index >= 15 is 0 Å². The number of carbonyl (C=O) groups excluding carboxylic acids is 1. The molecule has 2 aliphatic carbocycles. The fraction of sp³-hybridized carbons (Fsp3) is 0.370. The molecule has 5 heteroatoms. The van der Waals surface area contributed by atoms with E-state index in [4.69, 9.17) is 4.98 Å². The van der Waals surface area contributed by atoms with Crippen LogP contribution < -0.4 is 5.56 Å². The molecule has 0 bridgehead atoms. The summed E-state index contributed by atoms with van der Waals surface area (Å²) in [6.07, 6.45) is 5.32. The van der Waals surface area contributed by atoms with Crippen molar-refractivity contribution in [3.05, 3.63) is 81.6 Å². The SMILES string of the molecule is CC(C)n1c(SCC(=O)c2ccccc2)nc2c(c1=O)C1(CCCC1)Cc1ccccc1-2. The maximum absolute atomic E-state index is 14.0. The lowest BCUT2D eigenvalue weighted by atomic mass is 9.68. The van der Waals surface area contributed by atoms with Crippen LogP contribution in [-0.4, -0.2) is 21.1 Å². The zero-order valence-electron chi connectivity index (χ0n) is 18.6. The molecule has 0 N–H and O–H groups in total. The summed E-state index contributed by atoms with van der Waals surface area (Å²) in [4.78, 5) is 31.8. The minimum atomic E-state index is -0.104. The van der Waals surface area contributed by atoms with Crippen LogP contribution >= 0.6 is 11.8 Å². The molecule has 3 aromatic rings. The first kappa shape index (κ1) is 21.2. The quantitative estimate of drug-likeness (QED) is 0.282. The van der Waals surface area contributed by atoms with Crippen molar-refractivity contribution in [2.45, 2.75) is 62.6 Å². The number of benzene rings is 2. The summed E-state index contributed by atoms with van der Waals surface area (Å²) in [6, 6.07) is 17.7. The molecule has 2 aromatic carbocycles. The van der Waals surface area contributed by atoms with Crippen LogP contribution in [0.15, 0.2) is 64.5 Å². The number of hydrogen-bond donors (Lipinski definition) is 0. The summed E-state index contributed by atoms with van der Waals surface area (Å²) >= 11 is 1.37. The lowest BCUT2D eigenvalue weighted by Crippen LogP contribution is -2.40. The Balaban J connectivity index is 1.63. The molecule has 1 heterocycles.